The first-order valence-electron chi connectivity index (χ1n) is 7.58. The van der Waals surface area contributed by atoms with Crippen LogP contribution in [0.3, 0.4) is 0 Å². The molecular formula is C14H27N3O. The van der Waals surface area contributed by atoms with Crippen molar-refractivity contribution >= 4 is 0 Å². The summed E-state index contributed by atoms with van der Waals surface area (Å²) in [7, 11) is 2.31. The van der Waals surface area contributed by atoms with Crippen LogP contribution in [-0.2, 0) is 4.74 Å². The molecule has 3 rings (SSSR count). The van der Waals surface area contributed by atoms with E-state index in [1.54, 1.807) is 0 Å². The first kappa shape index (κ1) is 12.9. The Balaban J connectivity index is 1.36. The minimum absolute atomic E-state index is 0.764. The second-order valence-corrected chi connectivity index (χ2v) is 6.13. The summed E-state index contributed by atoms with van der Waals surface area (Å²) in [6, 6.07) is 2.47. The summed E-state index contributed by atoms with van der Waals surface area (Å²) in [6.07, 6.45) is 5.55. The molecular weight excluding hydrogens is 226 g/mol. The predicted molar refractivity (Wildman–Crippen MR) is 72.9 cm³/mol. The third-order valence-electron chi connectivity index (χ3n) is 5.06. The Morgan fingerprint density at radius 2 is 1.78 bits per heavy atom. The topological polar surface area (TPSA) is 27.7 Å². The van der Waals surface area contributed by atoms with Gasteiger partial charge in [-0.05, 0) is 32.7 Å². The molecule has 0 aromatic heterocycles. The van der Waals surface area contributed by atoms with E-state index in [9.17, 15) is 0 Å². The van der Waals surface area contributed by atoms with Crippen molar-refractivity contribution in [2.75, 3.05) is 46.4 Å². The largest absolute Gasteiger partial charge is 0.379 e. The van der Waals surface area contributed by atoms with Gasteiger partial charge in [-0.15, -0.1) is 0 Å². The summed E-state index contributed by atoms with van der Waals surface area (Å²) >= 11 is 0. The second-order valence-electron chi connectivity index (χ2n) is 6.13. The van der Waals surface area contributed by atoms with Crippen molar-refractivity contribution in [3.8, 4) is 0 Å². The first-order valence-corrected chi connectivity index (χ1v) is 7.58. The maximum absolute atomic E-state index is 5.38. The highest BCUT2D eigenvalue weighted by Gasteiger charge is 2.37. The van der Waals surface area contributed by atoms with Crippen LogP contribution >= 0.6 is 0 Å². The molecule has 0 amide bonds. The molecule has 3 heterocycles. The molecule has 0 saturated carbocycles. The highest BCUT2D eigenvalue weighted by Crippen LogP contribution is 2.33. The van der Waals surface area contributed by atoms with E-state index in [1.165, 1.54) is 32.2 Å². The number of nitrogens with one attached hydrogen (secondary N) is 1. The molecule has 3 fully saturated rings. The number of nitrogens with zero attached hydrogens (tertiary/aromatic N) is 2. The quantitative estimate of drug-likeness (QED) is 0.791. The maximum atomic E-state index is 5.38. The molecule has 0 aromatic rings. The third kappa shape index (κ3) is 2.87. The molecule has 3 aliphatic heterocycles. The van der Waals surface area contributed by atoms with Crippen LogP contribution in [0, 0.1) is 0 Å². The molecule has 0 unspecified atom stereocenters. The van der Waals surface area contributed by atoms with E-state index in [2.05, 4.69) is 22.2 Å². The van der Waals surface area contributed by atoms with Crippen LogP contribution in [0.25, 0.3) is 0 Å². The van der Waals surface area contributed by atoms with Crippen molar-refractivity contribution in [1.29, 1.82) is 0 Å². The van der Waals surface area contributed by atoms with Gasteiger partial charge in [0.15, 0.2) is 0 Å². The molecule has 18 heavy (non-hydrogen) atoms. The number of fused-ring (bicyclic) bond motifs is 2. The highest BCUT2D eigenvalue weighted by molar-refractivity contribution is 4.95. The van der Waals surface area contributed by atoms with Gasteiger partial charge in [0, 0.05) is 44.3 Å². The van der Waals surface area contributed by atoms with Crippen molar-refractivity contribution < 1.29 is 4.74 Å². The van der Waals surface area contributed by atoms with Crippen LogP contribution in [0.2, 0.25) is 0 Å². The standard InChI is InChI=1S/C14H27N3O/c1-16-13-2-3-14(16)11-12(10-13)15-4-5-17-6-8-18-9-7-17/h12-15H,2-11H2,1H3/t13-,14-/m1/s1. The molecule has 0 aliphatic carbocycles. The van der Waals surface area contributed by atoms with Crippen LogP contribution in [0.5, 0.6) is 0 Å². The zero-order chi connectivity index (χ0) is 12.4. The molecule has 2 bridgehead atoms. The first-order chi connectivity index (χ1) is 8.83. The Hall–Kier alpha value is -0.160. The Morgan fingerprint density at radius 1 is 1.11 bits per heavy atom. The van der Waals surface area contributed by atoms with E-state index in [0.29, 0.717) is 0 Å². The lowest BCUT2D eigenvalue weighted by atomic mass is 9.98. The average molecular weight is 253 g/mol. The summed E-state index contributed by atoms with van der Waals surface area (Å²) in [5.41, 5.74) is 0. The van der Waals surface area contributed by atoms with Gasteiger partial charge in [-0.2, -0.15) is 0 Å². The molecule has 3 saturated heterocycles. The second kappa shape index (κ2) is 5.87. The zero-order valence-corrected chi connectivity index (χ0v) is 11.6. The molecule has 104 valence electrons. The molecule has 2 atom stereocenters. The lowest BCUT2D eigenvalue weighted by Crippen LogP contribution is -2.49. The van der Waals surface area contributed by atoms with Crippen LogP contribution in [-0.4, -0.2) is 74.4 Å². The predicted octanol–water partition coefficient (Wildman–Crippen LogP) is 0.533. The number of hydrogen-bond donors (Lipinski definition) is 1. The number of rotatable bonds is 4. The van der Waals surface area contributed by atoms with Crippen molar-refractivity contribution in [2.45, 2.75) is 43.8 Å². The summed E-state index contributed by atoms with van der Waals surface area (Å²) in [4.78, 5) is 5.13. The summed E-state index contributed by atoms with van der Waals surface area (Å²) in [6.45, 7) is 6.39. The van der Waals surface area contributed by atoms with Gasteiger partial charge in [0.1, 0.15) is 0 Å². The van der Waals surface area contributed by atoms with Crippen LogP contribution in [0.4, 0.5) is 0 Å². The van der Waals surface area contributed by atoms with Crippen LogP contribution in [0.1, 0.15) is 25.7 Å². The van der Waals surface area contributed by atoms with Gasteiger partial charge in [-0.25, -0.2) is 0 Å². The number of piperidine rings is 1. The average Bonchev–Trinajstić information content (AvgIpc) is 2.64. The Morgan fingerprint density at radius 3 is 2.44 bits per heavy atom. The van der Waals surface area contributed by atoms with E-state index in [-0.39, 0.29) is 0 Å². The summed E-state index contributed by atoms with van der Waals surface area (Å²) in [5.74, 6) is 0. The minimum Gasteiger partial charge on any atom is -0.379 e. The van der Waals surface area contributed by atoms with Crippen LogP contribution in [0.15, 0.2) is 0 Å². The highest BCUT2D eigenvalue weighted by atomic mass is 16.5. The van der Waals surface area contributed by atoms with Gasteiger partial charge in [0.2, 0.25) is 0 Å². The molecule has 4 nitrogen and oxygen atoms in total. The van der Waals surface area contributed by atoms with Gasteiger partial charge >= 0.3 is 0 Å². The zero-order valence-electron chi connectivity index (χ0n) is 11.6. The summed E-state index contributed by atoms with van der Waals surface area (Å²) < 4.78 is 5.38. The fourth-order valence-corrected chi connectivity index (χ4v) is 3.83. The molecule has 0 spiro atoms. The maximum Gasteiger partial charge on any atom is 0.0594 e. The van der Waals surface area contributed by atoms with Gasteiger partial charge in [0.05, 0.1) is 13.2 Å². The van der Waals surface area contributed by atoms with Crippen molar-refractivity contribution in [2.24, 2.45) is 0 Å². The van der Waals surface area contributed by atoms with E-state index < -0.39 is 0 Å². The SMILES string of the molecule is CN1[C@@H]2CC[C@@H]1CC(NCCN1CCOCC1)C2. The fourth-order valence-electron chi connectivity index (χ4n) is 3.83. The van der Waals surface area contributed by atoms with Crippen molar-refractivity contribution in [3.05, 3.63) is 0 Å². The van der Waals surface area contributed by atoms with E-state index >= 15 is 0 Å². The smallest absolute Gasteiger partial charge is 0.0594 e. The van der Waals surface area contributed by atoms with Gasteiger partial charge in [-0.3, -0.25) is 4.90 Å². The van der Waals surface area contributed by atoms with E-state index in [4.69, 9.17) is 4.74 Å². The lowest BCUT2D eigenvalue weighted by molar-refractivity contribution is 0.0375. The number of morpholine rings is 1. The van der Waals surface area contributed by atoms with Gasteiger partial charge < -0.3 is 15.0 Å². The molecule has 3 aliphatic rings. The van der Waals surface area contributed by atoms with Gasteiger partial charge in [-0.1, -0.05) is 0 Å². The minimum atomic E-state index is 0.764. The fraction of sp³-hybridized carbons (Fsp3) is 1.00. The summed E-state index contributed by atoms with van der Waals surface area (Å²) in [5, 5.41) is 3.78. The Kier molecular flexibility index (Phi) is 4.19. The normalized spacial score (nSPS) is 38.2. The molecule has 4 heteroatoms. The Bertz CT molecular complexity index is 254. The lowest BCUT2D eigenvalue weighted by Gasteiger charge is -2.37. The third-order valence-corrected chi connectivity index (χ3v) is 5.06. The molecule has 0 aromatic carbocycles. The number of hydrogen-bond acceptors (Lipinski definition) is 4. The van der Waals surface area contributed by atoms with Gasteiger partial charge in [0.25, 0.3) is 0 Å². The monoisotopic (exact) mass is 253 g/mol. The van der Waals surface area contributed by atoms with Crippen molar-refractivity contribution in [3.63, 3.8) is 0 Å². The van der Waals surface area contributed by atoms with E-state index in [0.717, 1.165) is 51.0 Å². The molecule has 0 radical (unpaired) electrons. The van der Waals surface area contributed by atoms with E-state index in [1.807, 2.05) is 0 Å². The van der Waals surface area contributed by atoms with Crippen molar-refractivity contribution in [1.82, 2.24) is 15.1 Å². The molecule has 1 N–H and O–H groups in total. The Labute approximate surface area is 111 Å². The number of ether oxygens (including phenoxy) is 1. The van der Waals surface area contributed by atoms with Crippen LogP contribution < -0.4 is 5.32 Å².